The number of fused-ring (bicyclic) bond motifs is 5. The molecule has 17 nitrogen and oxygen atoms in total. The van der Waals surface area contributed by atoms with Crippen LogP contribution in [0.3, 0.4) is 0 Å². The molecule has 346 valence electrons. The number of carbonyl (C=O) groups excluding carboxylic acids is 6. The van der Waals surface area contributed by atoms with Gasteiger partial charge in [0.15, 0.2) is 11.4 Å². The highest BCUT2D eigenvalue weighted by Crippen LogP contribution is 2.64. The summed E-state index contributed by atoms with van der Waals surface area (Å²) in [5.74, 6) is -5.54. The zero-order valence-electron chi connectivity index (χ0n) is 37.2. The Morgan fingerprint density at radius 3 is 2.17 bits per heavy atom. The number of ether oxygens (including phenoxy) is 7. The molecule has 0 radical (unpaired) electrons. The average Bonchev–Trinajstić information content (AvgIpc) is 3.22. The average molecular weight is 892 g/mol. The van der Waals surface area contributed by atoms with Gasteiger partial charge in [-0.25, -0.2) is 19.2 Å². The predicted octanol–water partition coefficient (Wildman–Crippen LogP) is 4.61. The second-order valence-electron chi connectivity index (χ2n) is 18.5. The molecule has 2 saturated carbocycles. The van der Waals surface area contributed by atoms with Crippen molar-refractivity contribution in [3.05, 3.63) is 95.6 Å². The lowest BCUT2D eigenvalue weighted by atomic mass is 9.44. The molecule has 2 aromatic rings. The highest BCUT2D eigenvalue weighted by atomic mass is 16.7. The molecular weight excluding hydrogens is 835 g/mol. The lowest BCUT2D eigenvalue weighted by Crippen LogP contribution is -2.81. The van der Waals surface area contributed by atoms with E-state index >= 15 is 4.79 Å². The Hall–Kier alpha value is -5.62. The molecule has 0 aromatic heterocycles. The lowest BCUT2D eigenvalue weighted by molar-refractivity contribution is -0.346. The number of alkyl carbamates (subject to hydrolysis) is 1. The minimum absolute atomic E-state index is 0.0526. The lowest BCUT2D eigenvalue weighted by Gasteiger charge is -2.67. The van der Waals surface area contributed by atoms with Crippen LogP contribution in [0.4, 0.5) is 9.59 Å². The SMILES string of the molecule is C=CCOC(=O)O[C@@H](C(=O)OC1C[C@@]2(O)[C@@H](OC(=O)c3ccccc3)[C@@H]3[C@]4(OC(C)=O)CO[C@@H]4CC(O)[C@@]3(C)C(=O)[C@H](O)C(=C1C)C2(C)C)[C@@H](NC(=O)OC(C)(C)C)c1ccccc1. The first kappa shape index (κ1) is 47.8. The molecule has 1 aliphatic heterocycles. The molecule has 17 heteroatoms. The predicted molar refractivity (Wildman–Crippen MR) is 224 cm³/mol. The molecule has 4 N–H and O–H groups in total. The smallest absolute Gasteiger partial charge is 0.455 e. The van der Waals surface area contributed by atoms with Crippen molar-refractivity contribution in [3.63, 3.8) is 0 Å². The molecule has 64 heavy (non-hydrogen) atoms. The van der Waals surface area contributed by atoms with Gasteiger partial charge in [0.2, 0.25) is 6.10 Å². The van der Waals surface area contributed by atoms with Crippen molar-refractivity contribution in [2.24, 2.45) is 16.7 Å². The first-order valence-corrected chi connectivity index (χ1v) is 21.0. The van der Waals surface area contributed by atoms with E-state index in [0.717, 1.165) is 6.92 Å². The Labute approximate surface area is 371 Å². The fourth-order valence-corrected chi connectivity index (χ4v) is 9.93. The maximum Gasteiger partial charge on any atom is 0.509 e. The van der Waals surface area contributed by atoms with Gasteiger partial charge >= 0.3 is 30.2 Å². The highest BCUT2D eigenvalue weighted by molar-refractivity contribution is 5.94. The normalized spacial score (nSPS) is 31.4. The van der Waals surface area contributed by atoms with Gasteiger partial charge in [-0.2, -0.15) is 0 Å². The van der Waals surface area contributed by atoms with E-state index in [0.29, 0.717) is 0 Å². The highest BCUT2D eigenvalue weighted by Gasteiger charge is 2.78. The maximum atomic E-state index is 15.1. The van der Waals surface area contributed by atoms with Crippen molar-refractivity contribution in [2.75, 3.05) is 13.2 Å². The summed E-state index contributed by atoms with van der Waals surface area (Å²) in [5, 5.41) is 40.5. The minimum atomic E-state index is -2.43. The Morgan fingerprint density at radius 2 is 1.61 bits per heavy atom. The van der Waals surface area contributed by atoms with Crippen LogP contribution in [-0.2, 0) is 47.5 Å². The molecule has 11 atom stereocenters. The second kappa shape index (κ2) is 17.7. The van der Waals surface area contributed by atoms with Crippen LogP contribution in [0.1, 0.15) is 90.2 Å². The molecule has 1 amide bonds. The fraction of sp³-hybridized carbons (Fsp3) is 0.532. The molecule has 6 rings (SSSR count). The standard InChI is InChI=1S/C47H57NO16/c1-10-21-58-42(56)61-35(33(27-17-13-11-14-18-27)48-41(55)64-43(4,5)6)40(54)60-29-23-47(57)38(62-39(53)28-19-15-12-16-20-28)36-45(9,37(52)34(51)32(25(29)2)44(47,7)8)30(50)22-31-46(36,24-59-31)63-26(3)49/h10-20,29-31,33-36,38,50-51,57H,1,21-24H2,2-9H3,(H,48,55)/t29?,30?,31-,33+,34-,35-,36+,38+,45-,46+,47-/m1/s1. The molecule has 0 spiro atoms. The molecule has 2 bridgehead atoms. The van der Waals surface area contributed by atoms with Gasteiger partial charge in [0, 0.05) is 25.2 Å². The van der Waals surface area contributed by atoms with Crippen LogP contribution in [0.25, 0.3) is 0 Å². The molecule has 3 fully saturated rings. The van der Waals surface area contributed by atoms with Gasteiger partial charge < -0.3 is 53.8 Å². The molecule has 2 aromatic carbocycles. The van der Waals surface area contributed by atoms with Crippen LogP contribution in [-0.4, -0.2) is 118 Å². The Morgan fingerprint density at radius 1 is 0.984 bits per heavy atom. The summed E-state index contributed by atoms with van der Waals surface area (Å²) in [7, 11) is 0. The summed E-state index contributed by atoms with van der Waals surface area (Å²) in [4.78, 5) is 83.5. The number of amides is 1. The number of nitrogens with one attached hydrogen (secondary N) is 1. The summed E-state index contributed by atoms with van der Waals surface area (Å²) >= 11 is 0. The van der Waals surface area contributed by atoms with E-state index in [1.807, 2.05) is 0 Å². The van der Waals surface area contributed by atoms with Crippen LogP contribution >= 0.6 is 0 Å². The fourth-order valence-electron chi connectivity index (χ4n) is 9.93. The Balaban J connectivity index is 1.52. The third-order valence-corrected chi connectivity index (χ3v) is 13.1. The van der Waals surface area contributed by atoms with Gasteiger partial charge in [0.25, 0.3) is 0 Å². The zero-order chi connectivity index (χ0) is 47.2. The van der Waals surface area contributed by atoms with Crippen LogP contribution < -0.4 is 5.32 Å². The van der Waals surface area contributed by atoms with Crippen LogP contribution in [0.15, 0.2) is 84.5 Å². The van der Waals surface area contributed by atoms with Crippen LogP contribution in [0, 0.1) is 16.7 Å². The number of hydrogen-bond acceptors (Lipinski definition) is 16. The van der Waals surface area contributed by atoms with E-state index in [9.17, 15) is 39.3 Å². The van der Waals surface area contributed by atoms with Crippen molar-refractivity contribution in [2.45, 2.75) is 128 Å². The van der Waals surface area contributed by atoms with E-state index in [2.05, 4.69) is 11.9 Å². The summed E-state index contributed by atoms with van der Waals surface area (Å²) in [5.41, 5.74) is -8.63. The monoisotopic (exact) mass is 891 g/mol. The number of esters is 3. The van der Waals surface area contributed by atoms with Gasteiger partial charge in [-0.05, 0) is 63.5 Å². The number of hydrogen-bond donors (Lipinski definition) is 4. The number of Topliss-reactive ketones (excluding diaryl/α,β-unsaturated/α-hetero) is 1. The van der Waals surface area contributed by atoms with Gasteiger partial charge in [-0.3, -0.25) is 9.59 Å². The molecule has 4 aliphatic rings. The Kier molecular flexibility index (Phi) is 13.3. The molecule has 1 heterocycles. The molecule has 1 saturated heterocycles. The number of aliphatic hydroxyl groups excluding tert-OH is 2. The number of carbonyl (C=O) groups is 6. The van der Waals surface area contributed by atoms with E-state index in [1.54, 1.807) is 69.3 Å². The van der Waals surface area contributed by atoms with Crippen molar-refractivity contribution in [1.29, 1.82) is 0 Å². The minimum Gasteiger partial charge on any atom is -0.455 e. The van der Waals surface area contributed by atoms with E-state index in [4.69, 9.17) is 33.2 Å². The van der Waals surface area contributed by atoms with Gasteiger partial charge in [0.1, 0.15) is 48.3 Å². The third-order valence-electron chi connectivity index (χ3n) is 13.1. The van der Waals surface area contributed by atoms with Crippen LogP contribution in [0.5, 0.6) is 0 Å². The molecule has 3 aliphatic carbocycles. The number of benzene rings is 2. The van der Waals surface area contributed by atoms with Crippen molar-refractivity contribution >= 4 is 35.9 Å². The van der Waals surface area contributed by atoms with Crippen LogP contribution in [0.2, 0.25) is 0 Å². The zero-order valence-corrected chi connectivity index (χ0v) is 37.2. The molecular formula is C47H57NO16. The summed E-state index contributed by atoms with van der Waals surface area (Å²) in [6.45, 7) is 14.8. The van der Waals surface area contributed by atoms with Gasteiger partial charge in [-0.1, -0.05) is 75.0 Å². The van der Waals surface area contributed by atoms with Crippen molar-refractivity contribution in [1.82, 2.24) is 5.32 Å². The van der Waals surface area contributed by atoms with Gasteiger partial charge in [-0.15, -0.1) is 0 Å². The number of rotatable bonds is 11. The summed E-state index contributed by atoms with van der Waals surface area (Å²) in [6.07, 6.45) is -12.0. The maximum absolute atomic E-state index is 15.1. The number of aliphatic hydroxyl groups is 3. The first-order chi connectivity index (χ1) is 29.9. The molecule has 2 unspecified atom stereocenters. The summed E-state index contributed by atoms with van der Waals surface area (Å²) in [6, 6.07) is 14.3. The topological polar surface area (TPSA) is 240 Å². The Bertz CT molecular complexity index is 2180. The first-order valence-electron chi connectivity index (χ1n) is 21.0. The van der Waals surface area contributed by atoms with Crippen molar-refractivity contribution < 1.29 is 77.2 Å². The summed E-state index contributed by atoms with van der Waals surface area (Å²) < 4.78 is 40.6. The largest absolute Gasteiger partial charge is 0.509 e. The second-order valence-corrected chi connectivity index (χ2v) is 18.5. The van der Waals surface area contributed by atoms with E-state index < -0.39 is 119 Å². The van der Waals surface area contributed by atoms with E-state index in [-0.39, 0.29) is 41.9 Å². The van der Waals surface area contributed by atoms with E-state index in [1.165, 1.54) is 45.9 Å². The third kappa shape index (κ3) is 8.53. The number of ketones is 1. The van der Waals surface area contributed by atoms with Crippen molar-refractivity contribution in [3.8, 4) is 0 Å². The quantitative estimate of drug-likeness (QED) is 0.137. The van der Waals surface area contributed by atoms with Gasteiger partial charge in [0.05, 0.1) is 29.6 Å².